The van der Waals surface area contributed by atoms with Crippen molar-refractivity contribution in [1.29, 1.82) is 0 Å². The van der Waals surface area contributed by atoms with Crippen LogP contribution in [0.4, 0.5) is 0 Å². The number of methoxy groups -OCH3 is 1. The highest BCUT2D eigenvalue weighted by molar-refractivity contribution is 5.87. The van der Waals surface area contributed by atoms with E-state index in [-0.39, 0.29) is 5.97 Å². The van der Waals surface area contributed by atoms with Crippen LogP contribution in [0.1, 0.15) is 37.7 Å². The van der Waals surface area contributed by atoms with E-state index in [1.54, 1.807) is 13.2 Å². The maximum Gasteiger partial charge on any atom is 0.331 e. The van der Waals surface area contributed by atoms with Gasteiger partial charge in [0.25, 0.3) is 0 Å². The van der Waals surface area contributed by atoms with Gasteiger partial charge in [0, 0.05) is 18.1 Å². The minimum absolute atomic E-state index is 0.345. The largest absolute Gasteiger partial charge is 0.497 e. The highest BCUT2D eigenvalue weighted by atomic mass is 16.6. The predicted molar refractivity (Wildman–Crippen MR) is 115 cm³/mol. The highest BCUT2D eigenvalue weighted by Gasteiger charge is 2.13. The van der Waals surface area contributed by atoms with Gasteiger partial charge in [-0.1, -0.05) is 36.4 Å². The Balaban J connectivity index is 1.63. The van der Waals surface area contributed by atoms with Crippen LogP contribution in [0.2, 0.25) is 0 Å². The third-order valence-electron chi connectivity index (χ3n) is 4.18. The molecule has 29 heavy (non-hydrogen) atoms. The molecule has 1 aromatic heterocycles. The standard InChI is InChI=1S/C24H26N2O3/c1-24(2,3)29-23(27)13-12-17-8-10-18(11-9-17)14-22-25-16-21(26-22)19-6-5-7-20(15-19)28-4/h5-13,15-16H,14H2,1-4H3,(H,25,26)/b13-12+. The van der Waals surface area contributed by atoms with Crippen molar-refractivity contribution in [3.8, 4) is 17.0 Å². The summed E-state index contributed by atoms with van der Waals surface area (Å²) in [5.74, 6) is 1.36. The second-order valence-corrected chi connectivity index (χ2v) is 7.76. The summed E-state index contributed by atoms with van der Waals surface area (Å²) in [6.45, 7) is 5.55. The van der Waals surface area contributed by atoms with Crippen molar-refractivity contribution in [3.63, 3.8) is 0 Å². The first-order valence-electron chi connectivity index (χ1n) is 9.51. The normalized spacial score (nSPS) is 11.6. The van der Waals surface area contributed by atoms with E-state index in [9.17, 15) is 4.79 Å². The Morgan fingerprint density at radius 3 is 2.59 bits per heavy atom. The van der Waals surface area contributed by atoms with Gasteiger partial charge in [-0.05, 0) is 50.1 Å². The van der Waals surface area contributed by atoms with Crippen LogP contribution in [0.5, 0.6) is 5.75 Å². The average molecular weight is 390 g/mol. The number of esters is 1. The Morgan fingerprint density at radius 1 is 1.14 bits per heavy atom. The Morgan fingerprint density at radius 2 is 1.90 bits per heavy atom. The molecule has 3 aromatic rings. The number of carbonyl (C=O) groups is 1. The van der Waals surface area contributed by atoms with Crippen LogP contribution < -0.4 is 4.74 Å². The fraction of sp³-hybridized carbons (Fsp3) is 0.250. The lowest BCUT2D eigenvalue weighted by atomic mass is 10.1. The minimum Gasteiger partial charge on any atom is -0.497 e. The molecule has 5 heteroatoms. The smallest absolute Gasteiger partial charge is 0.331 e. The fourth-order valence-electron chi connectivity index (χ4n) is 2.83. The monoisotopic (exact) mass is 390 g/mol. The molecule has 0 saturated heterocycles. The van der Waals surface area contributed by atoms with Crippen molar-refractivity contribution in [2.75, 3.05) is 7.11 Å². The summed E-state index contributed by atoms with van der Waals surface area (Å²) in [6.07, 6.45) is 5.74. The molecular formula is C24H26N2O3. The van der Waals surface area contributed by atoms with E-state index >= 15 is 0 Å². The van der Waals surface area contributed by atoms with Crippen molar-refractivity contribution < 1.29 is 14.3 Å². The molecule has 0 saturated carbocycles. The molecule has 0 fully saturated rings. The number of nitrogens with one attached hydrogen (secondary N) is 1. The Bertz CT molecular complexity index is 995. The first kappa shape index (κ1) is 20.4. The number of rotatable bonds is 6. The number of carbonyl (C=O) groups excluding carboxylic acids is 1. The molecule has 0 aliphatic heterocycles. The molecule has 0 atom stereocenters. The first-order valence-corrected chi connectivity index (χ1v) is 9.51. The van der Waals surface area contributed by atoms with Gasteiger partial charge in [-0.25, -0.2) is 9.78 Å². The third-order valence-corrected chi connectivity index (χ3v) is 4.18. The zero-order valence-corrected chi connectivity index (χ0v) is 17.2. The van der Waals surface area contributed by atoms with Gasteiger partial charge in [0.15, 0.2) is 0 Å². The molecule has 5 nitrogen and oxygen atoms in total. The number of imidazole rings is 1. The molecule has 1 heterocycles. The van der Waals surface area contributed by atoms with E-state index in [2.05, 4.69) is 9.97 Å². The van der Waals surface area contributed by atoms with Gasteiger partial charge in [0.05, 0.1) is 19.0 Å². The lowest BCUT2D eigenvalue weighted by Crippen LogP contribution is -2.22. The number of hydrogen-bond donors (Lipinski definition) is 1. The molecule has 0 spiro atoms. The number of ether oxygens (including phenoxy) is 2. The van der Waals surface area contributed by atoms with Gasteiger partial charge < -0.3 is 14.5 Å². The summed E-state index contributed by atoms with van der Waals surface area (Å²) in [7, 11) is 1.66. The van der Waals surface area contributed by atoms with Crippen molar-refractivity contribution in [3.05, 3.63) is 77.8 Å². The topological polar surface area (TPSA) is 64.2 Å². The van der Waals surface area contributed by atoms with Crippen LogP contribution in [0.15, 0.2) is 60.8 Å². The number of nitrogens with zero attached hydrogens (tertiary/aromatic N) is 1. The number of aromatic amines is 1. The number of benzene rings is 2. The number of aromatic nitrogens is 2. The maximum atomic E-state index is 11.8. The summed E-state index contributed by atoms with van der Waals surface area (Å²) in [4.78, 5) is 19.6. The predicted octanol–water partition coefficient (Wildman–Crippen LogP) is 5.03. The van der Waals surface area contributed by atoms with Gasteiger partial charge >= 0.3 is 5.97 Å². The van der Waals surface area contributed by atoms with Crippen LogP contribution in [0.3, 0.4) is 0 Å². The number of H-pyrrole nitrogens is 1. The zero-order valence-electron chi connectivity index (χ0n) is 17.2. The molecule has 2 aromatic carbocycles. The van der Waals surface area contributed by atoms with E-state index < -0.39 is 5.60 Å². The van der Waals surface area contributed by atoms with E-state index in [4.69, 9.17) is 9.47 Å². The molecule has 0 radical (unpaired) electrons. The lowest BCUT2D eigenvalue weighted by Gasteiger charge is -2.17. The van der Waals surface area contributed by atoms with Crippen molar-refractivity contribution in [2.45, 2.75) is 32.8 Å². The molecule has 0 bridgehead atoms. The van der Waals surface area contributed by atoms with Crippen LogP contribution in [-0.4, -0.2) is 28.6 Å². The summed E-state index contributed by atoms with van der Waals surface area (Å²) in [6, 6.07) is 15.9. The average Bonchev–Trinajstić information content (AvgIpc) is 3.15. The van der Waals surface area contributed by atoms with Crippen LogP contribution >= 0.6 is 0 Å². The van der Waals surface area contributed by atoms with Crippen LogP contribution in [0, 0.1) is 0 Å². The summed E-state index contributed by atoms with van der Waals surface area (Å²) in [5.41, 5.74) is 3.57. The third kappa shape index (κ3) is 6.07. The van der Waals surface area contributed by atoms with Crippen molar-refractivity contribution >= 4 is 12.0 Å². The Hall–Kier alpha value is -3.34. The summed E-state index contributed by atoms with van der Waals surface area (Å²) < 4.78 is 10.5. The quantitative estimate of drug-likeness (QED) is 0.473. The van der Waals surface area contributed by atoms with E-state index in [1.807, 2.05) is 75.5 Å². The first-order chi connectivity index (χ1) is 13.8. The highest BCUT2D eigenvalue weighted by Crippen LogP contribution is 2.22. The second-order valence-electron chi connectivity index (χ2n) is 7.76. The summed E-state index contributed by atoms with van der Waals surface area (Å²) >= 11 is 0. The van der Waals surface area contributed by atoms with Gasteiger partial charge in [-0.15, -0.1) is 0 Å². The van der Waals surface area contributed by atoms with Crippen molar-refractivity contribution in [2.24, 2.45) is 0 Å². The van der Waals surface area contributed by atoms with Gasteiger partial charge in [0.1, 0.15) is 17.2 Å². The van der Waals surface area contributed by atoms with Crippen LogP contribution in [0.25, 0.3) is 17.3 Å². The van der Waals surface area contributed by atoms with Gasteiger partial charge in [0.2, 0.25) is 0 Å². The van der Waals surface area contributed by atoms with Gasteiger partial charge in [-0.3, -0.25) is 0 Å². The Kier molecular flexibility index (Phi) is 6.17. The molecule has 0 aliphatic rings. The molecule has 3 rings (SSSR count). The molecule has 150 valence electrons. The number of hydrogen-bond acceptors (Lipinski definition) is 4. The van der Waals surface area contributed by atoms with E-state index in [1.165, 1.54) is 6.08 Å². The molecule has 0 aliphatic carbocycles. The lowest BCUT2D eigenvalue weighted by molar-refractivity contribution is -0.148. The van der Waals surface area contributed by atoms with Crippen LogP contribution in [-0.2, 0) is 16.0 Å². The second kappa shape index (κ2) is 8.78. The fourth-order valence-corrected chi connectivity index (χ4v) is 2.83. The SMILES string of the molecule is COc1cccc(-c2cnc(Cc3ccc(/C=C/C(=O)OC(C)(C)C)cc3)[nH]2)c1. The Labute approximate surface area is 171 Å². The maximum absolute atomic E-state index is 11.8. The molecular weight excluding hydrogens is 364 g/mol. The molecule has 0 amide bonds. The molecule has 0 unspecified atom stereocenters. The van der Waals surface area contributed by atoms with Gasteiger partial charge in [-0.2, -0.15) is 0 Å². The minimum atomic E-state index is -0.488. The zero-order chi connectivity index (χ0) is 20.9. The molecule has 1 N–H and O–H groups in total. The summed E-state index contributed by atoms with van der Waals surface area (Å²) in [5, 5.41) is 0. The van der Waals surface area contributed by atoms with Crippen molar-refractivity contribution in [1.82, 2.24) is 9.97 Å². The van der Waals surface area contributed by atoms with E-state index in [0.29, 0.717) is 6.42 Å². The van der Waals surface area contributed by atoms with E-state index in [0.717, 1.165) is 34.0 Å².